The maximum absolute atomic E-state index is 13.2. The van der Waals surface area contributed by atoms with Crippen LogP contribution in [0.5, 0.6) is 5.88 Å². The van der Waals surface area contributed by atoms with E-state index in [1.54, 1.807) is 33.8 Å². The van der Waals surface area contributed by atoms with Crippen molar-refractivity contribution in [3.05, 3.63) is 58.1 Å². The van der Waals surface area contributed by atoms with Gasteiger partial charge in [-0.25, -0.2) is 9.88 Å². The van der Waals surface area contributed by atoms with Gasteiger partial charge in [-0.2, -0.15) is 0 Å². The van der Waals surface area contributed by atoms with E-state index in [0.29, 0.717) is 37.7 Å². The van der Waals surface area contributed by atoms with Crippen molar-refractivity contribution in [1.29, 1.82) is 0 Å². The summed E-state index contributed by atoms with van der Waals surface area (Å²) in [5.74, 6) is 0.218. The number of carbonyl (C=O) groups is 1. The summed E-state index contributed by atoms with van der Waals surface area (Å²) >= 11 is 14.4. The molecule has 2 heterocycles. The molecule has 0 saturated carbocycles. The molecule has 9 heteroatoms. The van der Waals surface area contributed by atoms with E-state index in [9.17, 15) is 9.90 Å². The van der Waals surface area contributed by atoms with Crippen LogP contribution >= 0.6 is 35.0 Å². The van der Waals surface area contributed by atoms with E-state index in [4.69, 9.17) is 28.3 Å². The molecule has 172 valence electrons. The molecule has 1 amide bonds. The summed E-state index contributed by atoms with van der Waals surface area (Å²) in [5, 5.41) is 19.0. The van der Waals surface area contributed by atoms with Gasteiger partial charge < -0.3 is 5.11 Å². The first-order valence-corrected chi connectivity index (χ1v) is 12.6. The number of nitrogens with zero attached hydrogens (tertiary/aromatic N) is 4. The molecule has 1 aliphatic heterocycles. The highest BCUT2D eigenvalue weighted by molar-refractivity contribution is 7.99. The van der Waals surface area contributed by atoms with Gasteiger partial charge in [0, 0.05) is 17.8 Å². The number of aromatic nitrogens is 3. The summed E-state index contributed by atoms with van der Waals surface area (Å²) in [4.78, 5) is 18.8. The van der Waals surface area contributed by atoms with Crippen molar-refractivity contribution in [2.75, 3.05) is 10.7 Å². The molecule has 6 nitrogen and oxygen atoms in total. The van der Waals surface area contributed by atoms with Crippen molar-refractivity contribution >= 4 is 46.6 Å². The van der Waals surface area contributed by atoms with Gasteiger partial charge in [-0.15, -0.1) is 0 Å². The first kappa shape index (κ1) is 23.8. The summed E-state index contributed by atoms with van der Waals surface area (Å²) in [6.45, 7) is 3.65. The molecular formula is C24H24Cl2N4O2S. The quantitative estimate of drug-likeness (QED) is 0.245. The van der Waals surface area contributed by atoms with E-state index in [2.05, 4.69) is 11.9 Å². The van der Waals surface area contributed by atoms with Gasteiger partial charge in [0.1, 0.15) is 0 Å². The fraction of sp³-hybridized carbons (Fsp3) is 0.333. The molecule has 0 bridgehead atoms. The third kappa shape index (κ3) is 4.67. The van der Waals surface area contributed by atoms with Gasteiger partial charge in [-0.1, -0.05) is 84.0 Å². The molecule has 4 rings (SSSR count). The second-order valence-corrected chi connectivity index (χ2v) is 9.67. The third-order valence-electron chi connectivity index (χ3n) is 5.55. The van der Waals surface area contributed by atoms with Crippen LogP contribution in [-0.2, 0) is 4.79 Å². The van der Waals surface area contributed by atoms with E-state index in [1.807, 2.05) is 18.2 Å². The molecule has 1 unspecified atom stereocenters. The Bertz CT molecular complexity index is 1190. The Balaban J connectivity index is 1.88. The highest BCUT2D eigenvalue weighted by Crippen LogP contribution is 2.43. The molecule has 0 aliphatic carbocycles. The number of thioether (sulfide) groups is 1. The van der Waals surface area contributed by atoms with Crippen molar-refractivity contribution in [3.8, 4) is 17.1 Å². The average molecular weight is 503 g/mol. The zero-order chi connectivity index (χ0) is 23.5. The number of hydrogen-bond donors (Lipinski definition) is 0. The van der Waals surface area contributed by atoms with Crippen LogP contribution in [0.1, 0.15) is 51.3 Å². The Hall–Kier alpha value is -2.35. The molecule has 0 fully saturated rings. The highest BCUT2D eigenvalue weighted by Gasteiger charge is 2.44. The van der Waals surface area contributed by atoms with Crippen LogP contribution in [0.4, 0.5) is 5.69 Å². The lowest BCUT2D eigenvalue weighted by Crippen LogP contribution is -2.58. The third-order valence-corrected chi connectivity index (χ3v) is 7.30. The molecule has 1 atom stereocenters. The minimum Gasteiger partial charge on any atom is -0.854 e. The lowest BCUT2D eigenvalue weighted by molar-refractivity contribution is -0.764. The second-order valence-electron chi connectivity index (χ2n) is 7.82. The first-order chi connectivity index (χ1) is 15.9. The van der Waals surface area contributed by atoms with E-state index >= 15 is 0 Å². The van der Waals surface area contributed by atoms with E-state index in [0.717, 1.165) is 25.0 Å². The number of carbonyl (C=O) groups excluding carboxylic acids is 1. The zero-order valence-corrected chi connectivity index (χ0v) is 20.8. The van der Waals surface area contributed by atoms with Crippen LogP contribution in [0.3, 0.4) is 0 Å². The number of unbranched alkanes of at least 4 members (excludes halogenated alkanes) is 3. The molecule has 1 aromatic heterocycles. The SMILES string of the molecule is CCCCCCSc1nc([O-])c2[n+](n1)C(c1cccc(Cl)c1Cl)N(C(C)=O)c1ccccc1-2. The summed E-state index contributed by atoms with van der Waals surface area (Å²) < 4.78 is 1.57. The summed E-state index contributed by atoms with van der Waals surface area (Å²) in [7, 11) is 0. The molecule has 0 radical (unpaired) electrons. The Morgan fingerprint density at radius 1 is 1.15 bits per heavy atom. The summed E-state index contributed by atoms with van der Waals surface area (Å²) in [6.07, 6.45) is 3.70. The molecule has 0 saturated heterocycles. The summed E-state index contributed by atoms with van der Waals surface area (Å²) in [6, 6.07) is 12.5. The number of anilines is 1. The molecule has 33 heavy (non-hydrogen) atoms. The van der Waals surface area contributed by atoms with Gasteiger partial charge in [-0.05, 0) is 30.7 Å². The van der Waals surface area contributed by atoms with Gasteiger partial charge in [0.15, 0.2) is 0 Å². The van der Waals surface area contributed by atoms with E-state index in [-0.39, 0.29) is 11.8 Å². The Morgan fingerprint density at radius 3 is 2.70 bits per heavy atom. The van der Waals surface area contributed by atoms with Crippen LogP contribution in [0.25, 0.3) is 11.3 Å². The van der Waals surface area contributed by atoms with Crippen LogP contribution < -0.4 is 14.7 Å². The van der Waals surface area contributed by atoms with Crippen LogP contribution in [0, 0.1) is 0 Å². The van der Waals surface area contributed by atoms with Crippen molar-refractivity contribution in [2.45, 2.75) is 50.9 Å². The normalized spacial score (nSPS) is 14.7. The van der Waals surface area contributed by atoms with Gasteiger partial charge in [0.05, 0.1) is 32.7 Å². The van der Waals surface area contributed by atoms with Crippen LogP contribution in [0.2, 0.25) is 10.0 Å². The molecule has 0 spiro atoms. The predicted molar refractivity (Wildman–Crippen MR) is 130 cm³/mol. The van der Waals surface area contributed by atoms with Crippen molar-refractivity contribution in [3.63, 3.8) is 0 Å². The highest BCUT2D eigenvalue weighted by atomic mass is 35.5. The Labute approximate surface area is 207 Å². The smallest absolute Gasteiger partial charge is 0.294 e. The second kappa shape index (κ2) is 10.3. The number of fused-ring (bicyclic) bond motifs is 3. The van der Waals surface area contributed by atoms with Crippen LogP contribution in [-0.4, -0.2) is 21.7 Å². The van der Waals surface area contributed by atoms with Crippen LogP contribution in [0.15, 0.2) is 47.6 Å². The monoisotopic (exact) mass is 502 g/mol. The molecule has 0 N–H and O–H groups in total. The van der Waals surface area contributed by atoms with Crippen molar-refractivity contribution in [1.82, 2.24) is 10.1 Å². The fourth-order valence-electron chi connectivity index (χ4n) is 4.03. The lowest BCUT2D eigenvalue weighted by Gasteiger charge is -2.33. The number of hydrogen-bond acceptors (Lipinski definition) is 5. The van der Waals surface area contributed by atoms with Gasteiger partial charge >= 0.3 is 0 Å². The number of rotatable bonds is 7. The number of halogens is 2. The minimum atomic E-state index is -0.770. The fourth-order valence-corrected chi connectivity index (χ4v) is 5.26. The van der Waals surface area contributed by atoms with Crippen molar-refractivity contribution < 1.29 is 14.6 Å². The molecule has 2 aromatic carbocycles. The lowest BCUT2D eigenvalue weighted by atomic mass is 10.0. The number of benzene rings is 2. The van der Waals surface area contributed by atoms with E-state index in [1.165, 1.54) is 25.1 Å². The average Bonchev–Trinajstić information content (AvgIpc) is 2.79. The molecule has 3 aromatic rings. The topological polar surface area (TPSA) is 73.0 Å². The van der Waals surface area contributed by atoms with E-state index < -0.39 is 6.17 Å². The molecule has 1 aliphatic rings. The van der Waals surface area contributed by atoms with Crippen molar-refractivity contribution in [2.24, 2.45) is 0 Å². The standard InChI is InChI=1S/C24H24Cl2N4O2S/c1-3-4-5-8-14-33-24-27-22(32)21-16-10-6-7-13-19(16)29(15(2)31)23(30(21)28-24)17-11-9-12-18(25)20(17)26/h6-7,9-13,23H,3-5,8,14H2,1-2H3. The Morgan fingerprint density at radius 2 is 1.94 bits per heavy atom. The maximum atomic E-state index is 13.2. The maximum Gasteiger partial charge on any atom is 0.294 e. The minimum absolute atomic E-state index is 0.207. The van der Waals surface area contributed by atoms with Gasteiger partial charge in [0.25, 0.3) is 17.0 Å². The largest absolute Gasteiger partial charge is 0.854 e. The Kier molecular flexibility index (Phi) is 7.41. The zero-order valence-electron chi connectivity index (χ0n) is 18.4. The van der Waals surface area contributed by atoms with Gasteiger partial charge in [-0.3, -0.25) is 4.79 Å². The summed E-state index contributed by atoms with van der Waals surface area (Å²) in [5.41, 5.74) is 2.11. The first-order valence-electron chi connectivity index (χ1n) is 10.9. The van der Waals surface area contributed by atoms with Gasteiger partial charge in [0.2, 0.25) is 5.91 Å². The predicted octanol–water partition coefficient (Wildman–Crippen LogP) is 5.40. The number of amides is 1. The molecular weight excluding hydrogens is 479 g/mol. The number of para-hydroxylation sites is 1.